The summed E-state index contributed by atoms with van der Waals surface area (Å²) in [5.41, 5.74) is 0. The molecule has 7 nitrogen and oxygen atoms in total. The van der Waals surface area contributed by atoms with Crippen molar-refractivity contribution in [2.75, 3.05) is 6.61 Å². The molecule has 0 fully saturated rings. The normalized spacial score (nSPS) is 11.9. The van der Waals surface area contributed by atoms with Gasteiger partial charge in [-0.15, -0.1) is 0 Å². The van der Waals surface area contributed by atoms with Crippen LogP contribution >= 0.6 is 47.8 Å². The summed E-state index contributed by atoms with van der Waals surface area (Å²) in [6, 6.07) is 3.37. The molecule has 0 aliphatic heterocycles. The van der Waals surface area contributed by atoms with Gasteiger partial charge in [-0.2, -0.15) is 17.2 Å². The highest BCUT2D eigenvalue weighted by Crippen LogP contribution is 2.36. The summed E-state index contributed by atoms with van der Waals surface area (Å²) in [5.74, 6) is -1.36. The fraction of sp³-hybridized carbons (Fsp3) is 0.429. The van der Waals surface area contributed by atoms with Gasteiger partial charge >= 0.3 is 27.3 Å². The highest BCUT2D eigenvalue weighted by molar-refractivity contribution is 9.11. The molecule has 1 N–H and O–H groups in total. The van der Waals surface area contributed by atoms with E-state index in [0.29, 0.717) is 8.95 Å². The van der Waals surface area contributed by atoms with Crippen LogP contribution in [0.5, 0.6) is 5.75 Å². The van der Waals surface area contributed by atoms with Gasteiger partial charge in [0, 0.05) is 17.3 Å². The first-order chi connectivity index (χ1) is 12.3. The van der Waals surface area contributed by atoms with E-state index in [0.717, 1.165) is 4.47 Å². The monoisotopic (exact) mass is 600 g/mol. The van der Waals surface area contributed by atoms with E-state index in [9.17, 15) is 26.8 Å². The average molecular weight is 603 g/mol. The van der Waals surface area contributed by atoms with Crippen molar-refractivity contribution in [1.82, 2.24) is 0 Å². The van der Waals surface area contributed by atoms with Crippen LogP contribution in [0.25, 0.3) is 0 Å². The number of rotatable bonds is 9. The molecule has 0 amide bonds. The Morgan fingerprint density at radius 2 is 1.52 bits per heavy atom. The van der Waals surface area contributed by atoms with Crippen molar-refractivity contribution in [1.29, 1.82) is 0 Å². The Balaban J connectivity index is 2.36. The first-order valence-electron chi connectivity index (χ1n) is 7.19. The number of hydrogen-bond acceptors (Lipinski definition) is 6. The van der Waals surface area contributed by atoms with E-state index < -0.39 is 33.9 Å². The number of benzene rings is 1. The summed E-state index contributed by atoms with van der Waals surface area (Å²) in [6.45, 7) is -1.78. The lowest BCUT2D eigenvalue weighted by molar-refractivity contribution is -0.150. The number of alkyl halides is 2. The predicted molar refractivity (Wildman–Crippen MR) is 101 cm³/mol. The van der Waals surface area contributed by atoms with E-state index in [4.69, 9.17) is 9.29 Å². The molecule has 0 aliphatic rings. The van der Waals surface area contributed by atoms with Gasteiger partial charge in [0.1, 0.15) is 0 Å². The third-order valence-electron chi connectivity index (χ3n) is 2.97. The molecular weight excluding hydrogens is 590 g/mol. The van der Waals surface area contributed by atoms with Crippen LogP contribution in [-0.4, -0.2) is 36.8 Å². The summed E-state index contributed by atoms with van der Waals surface area (Å²) in [6.07, 6.45) is 0.00631. The Labute approximate surface area is 178 Å². The fourth-order valence-corrected chi connectivity index (χ4v) is 4.27. The van der Waals surface area contributed by atoms with Crippen molar-refractivity contribution < 1.29 is 40.8 Å². The maximum absolute atomic E-state index is 12.9. The number of halogens is 5. The Bertz CT molecular complexity index is 792. The smallest absolute Gasteiger partial charge is 0.402 e. The van der Waals surface area contributed by atoms with Crippen LogP contribution in [0.2, 0.25) is 0 Å². The zero-order valence-corrected chi connectivity index (χ0v) is 19.0. The second kappa shape index (κ2) is 10.2. The zero-order chi connectivity index (χ0) is 20.8. The Kier molecular flexibility index (Phi) is 9.25. The number of ether oxygens (including phenoxy) is 2. The molecule has 0 aromatic heterocycles. The zero-order valence-electron chi connectivity index (χ0n) is 13.4. The third-order valence-corrected chi connectivity index (χ3v) is 5.48. The summed E-state index contributed by atoms with van der Waals surface area (Å²) >= 11 is 9.78. The maximum atomic E-state index is 12.9. The van der Waals surface area contributed by atoms with E-state index in [1.807, 2.05) is 0 Å². The van der Waals surface area contributed by atoms with Gasteiger partial charge in [-0.3, -0.25) is 14.1 Å². The lowest BCUT2D eigenvalue weighted by atomic mass is 10.2. The number of hydrogen-bond donors (Lipinski definition) is 1. The molecule has 1 rings (SSSR count). The molecule has 1 aromatic carbocycles. The highest BCUT2D eigenvalue weighted by atomic mass is 79.9. The molecule has 0 atom stereocenters. The molecule has 0 saturated carbocycles. The van der Waals surface area contributed by atoms with Gasteiger partial charge in [0.2, 0.25) is 0 Å². The van der Waals surface area contributed by atoms with E-state index in [-0.39, 0.29) is 31.4 Å². The molecule has 0 heterocycles. The molecule has 1 aromatic rings. The minimum absolute atomic E-state index is 0.0383. The maximum Gasteiger partial charge on any atom is 0.402 e. The third kappa shape index (κ3) is 8.10. The van der Waals surface area contributed by atoms with Gasteiger partial charge in [-0.1, -0.05) is 15.9 Å². The SMILES string of the molecule is O=C(CCCCC(=O)Oc1c(Br)cc(Br)cc1Br)OCC(F)(F)S(=O)(=O)O. The van der Waals surface area contributed by atoms with E-state index >= 15 is 0 Å². The average Bonchev–Trinajstić information content (AvgIpc) is 2.52. The molecule has 0 saturated heterocycles. The van der Waals surface area contributed by atoms with Crippen molar-refractivity contribution in [3.8, 4) is 5.75 Å². The first kappa shape index (κ1) is 24.4. The van der Waals surface area contributed by atoms with Gasteiger partial charge in [-0.05, 0) is 56.8 Å². The van der Waals surface area contributed by atoms with Crippen molar-refractivity contribution >= 4 is 69.8 Å². The van der Waals surface area contributed by atoms with E-state index in [1.54, 1.807) is 12.1 Å². The van der Waals surface area contributed by atoms with Gasteiger partial charge in [-0.25, -0.2) is 0 Å². The van der Waals surface area contributed by atoms with Gasteiger partial charge < -0.3 is 9.47 Å². The Morgan fingerprint density at radius 1 is 1.04 bits per heavy atom. The van der Waals surface area contributed by atoms with Gasteiger partial charge in [0.25, 0.3) is 0 Å². The second-order valence-corrected chi connectivity index (χ2v) is 9.32. The molecule has 0 bridgehead atoms. The van der Waals surface area contributed by atoms with Crippen LogP contribution in [0.4, 0.5) is 8.78 Å². The number of esters is 2. The van der Waals surface area contributed by atoms with Crippen LogP contribution in [0.3, 0.4) is 0 Å². The topological polar surface area (TPSA) is 107 Å². The van der Waals surface area contributed by atoms with Crippen LogP contribution in [0.15, 0.2) is 25.6 Å². The largest absolute Gasteiger partial charge is 0.458 e. The summed E-state index contributed by atoms with van der Waals surface area (Å²) < 4.78 is 66.0. The fourth-order valence-electron chi connectivity index (χ4n) is 1.64. The second-order valence-electron chi connectivity index (χ2n) is 5.15. The number of carbonyl (C=O) groups is 2. The number of carbonyl (C=O) groups excluding carboxylic acids is 2. The molecule has 0 unspecified atom stereocenters. The quantitative estimate of drug-likeness (QED) is 0.192. The lowest BCUT2D eigenvalue weighted by Gasteiger charge is -2.12. The Hall–Kier alpha value is -0.630. The van der Waals surface area contributed by atoms with Crippen molar-refractivity contribution in [2.45, 2.75) is 30.9 Å². The minimum atomic E-state index is -5.66. The van der Waals surface area contributed by atoms with E-state index in [1.165, 1.54) is 0 Å². The van der Waals surface area contributed by atoms with Crippen LogP contribution < -0.4 is 4.74 Å². The summed E-state index contributed by atoms with van der Waals surface area (Å²) in [5, 5.41) is -4.57. The molecule has 152 valence electrons. The van der Waals surface area contributed by atoms with Crippen LogP contribution in [-0.2, 0) is 24.4 Å². The lowest BCUT2D eigenvalue weighted by Crippen LogP contribution is -2.34. The summed E-state index contributed by atoms with van der Waals surface area (Å²) in [4.78, 5) is 23.1. The minimum Gasteiger partial charge on any atom is -0.458 e. The van der Waals surface area contributed by atoms with Gasteiger partial charge in [0.05, 0.1) is 8.95 Å². The van der Waals surface area contributed by atoms with Crippen molar-refractivity contribution in [3.63, 3.8) is 0 Å². The van der Waals surface area contributed by atoms with Crippen molar-refractivity contribution in [2.24, 2.45) is 0 Å². The molecule has 0 radical (unpaired) electrons. The molecule has 0 aliphatic carbocycles. The molecule has 13 heteroatoms. The standard InChI is InChI=1S/C14H13Br3F2O7S/c15-8-5-9(16)13(10(17)6-8)26-12(21)4-2-1-3-11(20)25-7-14(18,19)27(22,23)24/h5-6H,1-4,7H2,(H,22,23,24). The van der Waals surface area contributed by atoms with Crippen LogP contribution in [0, 0.1) is 0 Å². The van der Waals surface area contributed by atoms with Crippen LogP contribution in [0.1, 0.15) is 25.7 Å². The number of unbranched alkanes of at least 4 members (excludes halogenated alkanes) is 1. The molecule has 27 heavy (non-hydrogen) atoms. The van der Waals surface area contributed by atoms with Crippen molar-refractivity contribution in [3.05, 3.63) is 25.6 Å². The van der Waals surface area contributed by atoms with E-state index in [2.05, 4.69) is 52.5 Å². The molecular formula is C14H13Br3F2O7S. The van der Waals surface area contributed by atoms with Gasteiger partial charge in [0.15, 0.2) is 12.4 Å². The molecule has 0 spiro atoms. The predicted octanol–water partition coefficient (Wildman–Crippen LogP) is 4.46. The first-order valence-corrected chi connectivity index (χ1v) is 11.0. The highest BCUT2D eigenvalue weighted by Gasteiger charge is 2.45. The Morgan fingerprint density at radius 3 is 2.00 bits per heavy atom. The summed E-state index contributed by atoms with van der Waals surface area (Å²) in [7, 11) is -5.66.